The molecule has 3 aliphatic heterocycles. The summed E-state index contributed by atoms with van der Waals surface area (Å²) in [5.41, 5.74) is 0. The van der Waals surface area contributed by atoms with Crippen molar-refractivity contribution in [2.24, 2.45) is 11.1 Å². The van der Waals surface area contributed by atoms with Crippen molar-refractivity contribution in [2.75, 3.05) is 13.1 Å². The molecule has 0 radical (unpaired) electrons. The van der Waals surface area contributed by atoms with Gasteiger partial charge in [-0.3, -0.25) is 0 Å². The van der Waals surface area contributed by atoms with Crippen LogP contribution in [-0.4, -0.2) is 29.0 Å². The van der Waals surface area contributed by atoms with E-state index in [0.717, 1.165) is 31.3 Å². The van der Waals surface area contributed by atoms with Crippen LogP contribution in [0, 0.1) is 5.92 Å². The summed E-state index contributed by atoms with van der Waals surface area (Å²) in [7, 11) is 0. The summed E-state index contributed by atoms with van der Waals surface area (Å²) in [4.78, 5) is 2.18. The predicted molar refractivity (Wildman–Crippen MR) is 38.1 cm³/mol. The van der Waals surface area contributed by atoms with Crippen LogP contribution in [0.5, 0.6) is 0 Å². The molecule has 0 aliphatic carbocycles. The smallest absolute Gasteiger partial charge is 0.144 e. The van der Waals surface area contributed by atoms with E-state index in [2.05, 4.69) is 10.1 Å². The molecule has 0 aromatic rings. The molecule has 3 aliphatic rings. The van der Waals surface area contributed by atoms with Gasteiger partial charge in [-0.15, -0.1) is 0 Å². The minimum Gasteiger partial charge on any atom is -0.409 e. The molecular weight excluding hydrogens is 128 g/mol. The first kappa shape index (κ1) is 6.01. The van der Waals surface area contributed by atoms with Crippen molar-refractivity contribution < 1.29 is 5.21 Å². The topological polar surface area (TPSA) is 35.8 Å². The van der Waals surface area contributed by atoms with Crippen LogP contribution in [0.15, 0.2) is 5.16 Å². The van der Waals surface area contributed by atoms with Crippen molar-refractivity contribution >= 4 is 5.84 Å². The Balaban J connectivity index is 2.15. The highest BCUT2D eigenvalue weighted by atomic mass is 16.4. The predicted octanol–water partition coefficient (Wildman–Crippen LogP) is 0.890. The molecule has 0 amide bonds. The van der Waals surface area contributed by atoms with Crippen molar-refractivity contribution in [1.82, 2.24) is 4.90 Å². The van der Waals surface area contributed by atoms with E-state index >= 15 is 0 Å². The Morgan fingerprint density at radius 2 is 2.10 bits per heavy atom. The van der Waals surface area contributed by atoms with Gasteiger partial charge in [0, 0.05) is 19.5 Å². The molecule has 0 atom stereocenters. The third-order valence-electron chi connectivity index (χ3n) is 2.57. The fourth-order valence-corrected chi connectivity index (χ4v) is 1.89. The Morgan fingerprint density at radius 3 is 2.40 bits per heavy atom. The van der Waals surface area contributed by atoms with Crippen LogP contribution in [0.3, 0.4) is 0 Å². The van der Waals surface area contributed by atoms with Crippen LogP contribution in [0.2, 0.25) is 0 Å². The van der Waals surface area contributed by atoms with Gasteiger partial charge in [-0.1, -0.05) is 5.16 Å². The summed E-state index contributed by atoms with van der Waals surface area (Å²) in [6, 6.07) is 0. The van der Waals surface area contributed by atoms with Crippen molar-refractivity contribution in [3.05, 3.63) is 0 Å². The number of rotatable bonds is 0. The van der Waals surface area contributed by atoms with E-state index < -0.39 is 0 Å². The maximum Gasteiger partial charge on any atom is 0.144 e. The Labute approximate surface area is 60.3 Å². The molecule has 3 saturated heterocycles. The van der Waals surface area contributed by atoms with Crippen molar-refractivity contribution in [1.29, 1.82) is 0 Å². The average molecular weight is 140 g/mol. The largest absolute Gasteiger partial charge is 0.409 e. The van der Waals surface area contributed by atoms with Crippen molar-refractivity contribution in [3.63, 3.8) is 0 Å². The summed E-state index contributed by atoms with van der Waals surface area (Å²) in [6.07, 6.45) is 3.58. The Hall–Kier alpha value is -0.730. The van der Waals surface area contributed by atoms with Gasteiger partial charge in [0.05, 0.1) is 0 Å². The maximum absolute atomic E-state index is 8.56. The normalized spacial score (nSPS) is 30.0. The fourth-order valence-electron chi connectivity index (χ4n) is 1.89. The lowest BCUT2D eigenvalue weighted by molar-refractivity contribution is 0.204. The van der Waals surface area contributed by atoms with Crippen LogP contribution in [0.25, 0.3) is 0 Å². The van der Waals surface area contributed by atoms with Gasteiger partial charge in [0.2, 0.25) is 0 Å². The van der Waals surface area contributed by atoms with E-state index in [0.29, 0.717) is 0 Å². The molecule has 10 heavy (non-hydrogen) atoms. The molecule has 3 fully saturated rings. The summed E-state index contributed by atoms with van der Waals surface area (Å²) < 4.78 is 0. The Bertz CT molecular complexity index is 159. The van der Waals surface area contributed by atoms with Crippen LogP contribution >= 0.6 is 0 Å². The molecule has 0 spiro atoms. The first-order valence-electron chi connectivity index (χ1n) is 3.86. The third-order valence-corrected chi connectivity index (χ3v) is 2.57. The van der Waals surface area contributed by atoms with E-state index in [9.17, 15) is 0 Å². The van der Waals surface area contributed by atoms with Gasteiger partial charge in [0.15, 0.2) is 0 Å². The van der Waals surface area contributed by atoms with Crippen LogP contribution in [-0.2, 0) is 0 Å². The summed E-state index contributed by atoms with van der Waals surface area (Å²) in [5, 5.41) is 11.8. The van der Waals surface area contributed by atoms with Gasteiger partial charge >= 0.3 is 0 Å². The monoisotopic (exact) mass is 140 g/mol. The minimum atomic E-state index is 0.802. The molecule has 3 rings (SSSR count). The van der Waals surface area contributed by atoms with Crippen LogP contribution in [0.1, 0.15) is 19.3 Å². The zero-order chi connectivity index (χ0) is 6.97. The molecule has 0 aromatic carbocycles. The van der Waals surface area contributed by atoms with Crippen molar-refractivity contribution in [2.45, 2.75) is 19.3 Å². The third kappa shape index (κ3) is 0.770. The molecular formula is C7H12N2O. The van der Waals surface area contributed by atoms with E-state index in [1.807, 2.05) is 0 Å². The average Bonchev–Trinajstić information content (AvgIpc) is 2.06. The molecule has 3 heteroatoms. The highest BCUT2D eigenvalue weighted by Gasteiger charge is 2.29. The molecule has 56 valence electrons. The number of oxime groups is 1. The number of hydrogen-bond acceptors (Lipinski definition) is 2. The summed E-state index contributed by atoms with van der Waals surface area (Å²) in [6.45, 7) is 2.20. The van der Waals surface area contributed by atoms with Crippen LogP contribution < -0.4 is 0 Å². The second-order valence-corrected chi connectivity index (χ2v) is 3.15. The molecule has 3 heterocycles. The van der Waals surface area contributed by atoms with Gasteiger partial charge in [-0.2, -0.15) is 0 Å². The minimum absolute atomic E-state index is 0.802. The number of amidine groups is 1. The molecule has 3 nitrogen and oxygen atoms in total. The lowest BCUT2D eigenvalue weighted by Gasteiger charge is -2.40. The first-order chi connectivity index (χ1) is 4.90. The first-order valence-corrected chi connectivity index (χ1v) is 3.86. The molecule has 0 saturated carbocycles. The second-order valence-electron chi connectivity index (χ2n) is 3.15. The number of hydrogen-bond donors (Lipinski definition) is 1. The van der Waals surface area contributed by atoms with Crippen molar-refractivity contribution in [3.8, 4) is 0 Å². The van der Waals surface area contributed by atoms with Gasteiger partial charge < -0.3 is 10.1 Å². The number of piperidine rings is 3. The lowest BCUT2D eigenvalue weighted by Crippen LogP contribution is -2.45. The zero-order valence-corrected chi connectivity index (χ0v) is 5.95. The van der Waals surface area contributed by atoms with E-state index in [1.165, 1.54) is 12.8 Å². The standard InChI is InChI=1S/C7H12N2O/c10-8-7-5-6-1-3-9(7)4-2-6/h6,10H,1-5H2/b8-7+. The van der Waals surface area contributed by atoms with Gasteiger partial charge in [-0.25, -0.2) is 0 Å². The fraction of sp³-hybridized carbons (Fsp3) is 0.857. The molecule has 2 bridgehead atoms. The number of fused-ring (bicyclic) bond motifs is 3. The molecule has 1 N–H and O–H groups in total. The van der Waals surface area contributed by atoms with Crippen LogP contribution in [0.4, 0.5) is 0 Å². The lowest BCUT2D eigenvalue weighted by atomic mass is 9.88. The van der Waals surface area contributed by atoms with Gasteiger partial charge in [0.1, 0.15) is 5.84 Å². The molecule has 0 aromatic heterocycles. The van der Waals surface area contributed by atoms with E-state index in [4.69, 9.17) is 5.21 Å². The SMILES string of the molecule is O/N=C1\CC2CCN1CC2. The van der Waals surface area contributed by atoms with E-state index in [-0.39, 0.29) is 0 Å². The Kier molecular flexibility index (Phi) is 1.29. The van der Waals surface area contributed by atoms with E-state index in [1.54, 1.807) is 0 Å². The zero-order valence-electron chi connectivity index (χ0n) is 5.95. The summed E-state index contributed by atoms with van der Waals surface area (Å²) >= 11 is 0. The summed E-state index contributed by atoms with van der Waals surface area (Å²) in [5.74, 6) is 1.71. The van der Waals surface area contributed by atoms with Gasteiger partial charge in [0.25, 0.3) is 0 Å². The molecule has 0 unspecified atom stereocenters. The quantitative estimate of drug-likeness (QED) is 0.400. The Morgan fingerprint density at radius 1 is 1.40 bits per heavy atom. The highest BCUT2D eigenvalue weighted by Crippen LogP contribution is 2.28. The second kappa shape index (κ2) is 2.15. The van der Waals surface area contributed by atoms with Gasteiger partial charge in [-0.05, 0) is 18.8 Å². The number of nitrogens with zero attached hydrogens (tertiary/aromatic N) is 2. The highest BCUT2D eigenvalue weighted by molar-refractivity contribution is 5.83. The maximum atomic E-state index is 8.56.